The molecular formula is C29H33N5O4S2. The largest absolute Gasteiger partial charge is 0.344 e. The standard InChI is InChI=1S/C29H33N5O4S2/c1-21-20-32(18-19-34(21)40(37,38)25-11-9-23(10-12-25)33-17-5-8-26(33)36)28-30-27(31-39-28)29(15-13-24(35)14-16-29)22-6-3-2-4-7-22/h2-4,6-7,9-12,21H,5,8,13-20H2,1H3. The zero-order chi connectivity index (χ0) is 27.9. The van der Waals surface area contributed by atoms with Gasteiger partial charge in [0.05, 0.1) is 10.3 Å². The van der Waals surface area contributed by atoms with Gasteiger partial charge in [0.15, 0.2) is 5.82 Å². The Morgan fingerprint density at radius 2 is 1.65 bits per heavy atom. The predicted octanol–water partition coefficient (Wildman–Crippen LogP) is 3.99. The van der Waals surface area contributed by atoms with Crippen LogP contribution in [0.25, 0.3) is 0 Å². The molecule has 2 aliphatic heterocycles. The van der Waals surface area contributed by atoms with E-state index in [0.717, 1.165) is 28.6 Å². The summed E-state index contributed by atoms with van der Waals surface area (Å²) in [5, 5.41) is 0.783. The first-order valence-electron chi connectivity index (χ1n) is 13.9. The van der Waals surface area contributed by atoms with E-state index in [1.807, 2.05) is 25.1 Å². The lowest BCUT2D eigenvalue weighted by Gasteiger charge is -2.39. The van der Waals surface area contributed by atoms with Crippen molar-refractivity contribution < 1.29 is 18.0 Å². The van der Waals surface area contributed by atoms with Gasteiger partial charge in [-0.3, -0.25) is 9.59 Å². The number of aromatic nitrogens is 2. The molecule has 2 aromatic carbocycles. The maximum Gasteiger partial charge on any atom is 0.243 e. The quantitative estimate of drug-likeness (QED) is 0.435. The zero-order valence-electron chi connectivity index (χ0n) is 22.5. The second-order valence-electron chi connectivity index (χ2n) is 10.9. The third-order valence-electron chi connectivity index (χ3n) is 8.50. The number of hydrogen-bond donors (Lipinski definition) is 0. The molecule has 1 amide bonds. The number of nitrogens with zero attached hydrogens (tertiary/aromatic N) is 5. The van der Waals surface area contributed by atoms with Gasteiger partial charge in [-0.05, 0) is 56.0 Å². The van der Waals surface area contributed by atoms with E-state index in [-0.39, 0.29) is 28.0 Å². The van der Waals surface area contributed by atoms with Gasteiger partial charge in [-0.15, -0.1) is 0 Å². The molecule has 1 saturated carbocycles. The number of Topliss-reactive ketones (excluding diaryl/α,β-unsaturated/α-hetero) is 1. The van der Waals surface area contributed by atoms with Gasteiger partial charge < -0.3 is 9.80 Å². The van der Waals surface area contributed by atoms with Crippen molar-refractivity contribution >= 4 is 44.1 Å². The van der Waals surface area contributed by atoms with E-state index in [4.69, 9.17) is 9.36 Å². The van der Waals surface area contributed by atoms with Crippen LogP contribution in [0.2, 0.25) is 0 Å². The third kappa shape index (κ3) is 4.84. The smallest absolute Gasteiger partial charge is 0.243 e. The Morgan fingerprint density at radius 3 is 2.30 bits per heavy atom. The average Bonchev–Trinajstić information content (AvgIpc) is 3.64. The highest BCUT2D eigenvalue weighted by Crippen LogP contribution is 2.44. The molecule has 3 fully saturated rings. The van der Waals surface area contributed by atoms with E-state index in [9.17, 15) is 18.0 Å². The SMILES string of the molecule is CC1CN(c2nc(C3(c4ccccc4)CCC(=O)CC3)ns2)CCN1S(=O)(=O)c1ccc(N2CCCC2=O)cc1. The van der Waals surface area contributed by atoms with E-state index in [0.29, 0.717) is 58.3 Å². The van der Waals surface area contributed by atoms with Gasteiger partial charge in [0, 0.05) is 68.7 Å². The maximum absolute atomic E-state index is 13.5. The van der Waals surface area contributed by atoms with E-state index < -0.39 is 10.0 Å². The highest BCUT2D eigenvalue weighted by atomic mass is 32.2. The van der Waals surface area contributed by atoms with Crippen LogP contribution in [0.15, 0.2) is 59.5 Å². The topological polar surface area (TPSA) is 104 Å². The van der Waals surface area contributed by atoms with Gasteiger partial charge in [-0.1, -0.05) is 30.3 Å². The molecule has 1 atom stereocenters. The minimum absolute atomic E-state index is 0.0758. The minimum Gasteiger partial charge on any atom is -0.344 e. The van der Waals surface area contributed by atoms with Crippen molar-refractivity contribution in [2.24, 2.45) is 0 Å². The molecule has 1 aliphatic carbocycles. The van der Waals surface area contributed by atoms with Gasteiger partial charge in [0.1, 0.15) is 5.78 Å². The van der Waals surface area contributed by atoms with Gasteiger partial charge in [0.25, 0.3) is 0 Å². The summed E-state index contributed by atoms with van der Waals surface area (Å²) >= 11 is 1.34. The molecule has 40 heavy (non-hydrogen) atoms. The van der Waals surface area contributed by atoms with E-state index >= 15 is 0 Å². The highest BCUT2D eigenvalue weighted by molar-refractivity contribution is 7.89. The van der Waals surface area contributed by atoms with Crippen molar-refractivity contribution in [3.8, 4) is 0 Å². The summed E-state index contributed by atoms with van der Waals surface area (Å²) in [6.45, 7) is 3.94. The van der Waals surface area contributed by atoms with Crippen molar-refractivity contribution in [3.63, 3.8) is 0 Å². The first-order chi connectivity index (χ1) is 19.3. The fourth-order valence-corrected chi connectivity index (χ4v) is 8.62. The minimum atomic E-state index is -3.69. The molecule has 3 heterocycles. The Morgan fingerprint density at radius 1 is 0.925 bits per heavy atom. The number of ketones is 1. The summed E-state index contributed by atoms with van der Waals surface area (Å²) in [6.07, 6.45) is 3.78. The van der Waals surface area contributed by atoms with E-state index in [2.05, 4.69) is 17.0 Å². The number of anilines is 2. The first-order valence-corrected chi connectivity index (χ1v) is 16.1. The summed E-state index contributed by atoms with van der Waals surface area (Å²) in [6, 6.07) is 16.6. The van der Waals surface area contributed by atoms with Gasteiger partial charge >= 0.3 is 0 Å². The lowest BCUT2D eigenvalue weighted by atomic mass is 9.68. The van der Waals surface area contributed by atoms with E-state index in [1.54, 1.807) is 33.5 Å². The van der Waals surface area contributed by atoms with Crippen LogP contribution in [0.5, 0.6) is 0 Å². The number of amides is 1. The third-order valence-corrected chi connectivity index (χ3v) is 11.3. The van der Waals surface area contributed by atoms with Gasteiger partial charge in [0.2, 0.25) is 21.1 Å². The second-order valence-corrected chi connectivity index (χ2v) is 13.6. The number of benzene rings is 2. The van der Waals surface area contributed by atoms with Crippen molar-refractivity contribution in [1.29, 1.82) is 0 Å². The van der Waals surface area contributed by atoms with Crippen LogP contribution < -0.4 is 9.80 Å². The van der Waals surface area contributed by atoms with Crippen molar-refractivity contribution in [1.82, 2.24) is 13.7 Å². The van der Waals surface area contributed by atoms with Crippen LogP contribution in [-0.2, 0) is 25.0 Å². The number of rotatable bonds is 6. The van der Waals surface area contributed by atoms with Crippen LogP contribution in [0.3, 0.4) is 0 Å². The summed E-state index contributed by atoms with van der Waals surface area (Å²) in [5.41, 5.74) is 1.49. The zero-order valence-corrected chi connectivity index (χ0v) is 24.2. The molecule has 0 radical (unpaired) electrons. The monoisotopic (exact) mass is 579 g/mol. The molecule has 2 saturated heterocycles. The van der Waals surface area contributed by atoms with Crippen molar-refractivity contribution in [2.45, 2.75) is 61.8 Å². The number of piperazine rings is 1. The number of carbonyl (C=O) groups excluding carboxylic acids is 2. The molecule has 6 rings (SSSR count). The maximum atomic E-state index is 13.5. The fourth-order valence-electron chi connectivity index (χ4n) is 6.22. The molecule has 0 bridgehead atoms. The highest BCUT2D eigenvalue weighted by Gasteiger charge is 2.42. The molecule has 9 nitrogen and oxygen atoms in total. The molecule has 1 aromatic heterocycles. The Balaban J connectivity index is 1.18. The number of carbonyl (C=O) groups is 2. The number of sulfonamides is 1. The Kier molecular flexibility index (Phi) is 7.22. The van der Waals surface area contributed by atoms with E-state index in [1.165, 1.54) is 11.5 Å². The van der Waals surface area contributed by atoms with Crippen molar-refractivity contribution in [3.05, 3.63) is 66.0 Å². The predicted molar refractivity (Wildman–Crippen MR) is 154 cm³/mol. The first kappa shape index (κ1) is 27.0. The molecule has 210 valence electrons. The molecule has 11 heteroatoms. The Bertz CT molecular complexity index is 1500. The van der Waals surface area contributed by atoms with Crippen LogP contribution in [-0.4, -0.2) is 66.0 Å². The Hall–Kier alpha value is -3.15. The molecule has 0 spiro atoms. The second kappa shape index (κ2) is 10.7. The average molecular weight is 580 g/mol. The van der Waals surface area contributed by atoms with Crippen LogP contribution in [0.1, 0.15) is 56.8 Å². The fraction of sp³-hybridized carbons (Fsp3) is 0.448. The molecule has 3 aromatic rings. The molecule has 0 N–H and O–H groups in total. The molecule has 1 unspecified atom stereocenters. The Labute approximate surface area is 239 Å². The van der Waals surface area contributed by atoms with Crippen molar-refractivity contribution in [2.75, 3.05) is 36.0 Å². The summed E-state index contributed by atoms with van der Waals surface area (Å²) < 4.78 is 33.4. The van der Waals surface area contributed by atoms with Crippen LogP contribution in [0, 0.1) is 0 Å². The number of hydrogen-bond acceptors (Lipinski definition) is 8. The molecular weight excluding hydrogens is 546 g/mol. The normalized spacial score (nSPS) is 22.2. The summed E-state index contributed by atoms with van der Waals surface area (Å²) in [7, 11) is -3.69. The van der Waals surface area contributed by atoms with Crippen LogP contribution >= 0.6 is 11.5 Å². The van der Waals surface area contributed by atoms with Gasteiger partial charge in [-0.25, -0.2) is 13.4 Å². The van der Waals surface area contributed by atoms with Gasteiger partial charge in [-0.2, -0.15) is 8.68 Å². The lowest BCUT2D eigenvalue weighted by Crippen LogP contribution is -2.54. The lowest BCUT2D eigenvalue weighted by molar-refractivity contribution is -0.121. The summed E-state index contributed by atoms with van der Waals surface area (Å²) in [4.78, 5) is 33.2. The van der Waals surface area contributed by atoms with Crippen LogP contribution in [0.4, 0.5) is 10.8 Å². The molecule has 3 aliphatic rings. The summed E-state index contributed by atoms with van der Waals surface area (Å²) in [5.74, 6) is 1.12.